The molecule has 2 N–H and O–H groups in total. The Morgan fingerprint density at radius 3 is 2.36 bits per heavy atom. The van der Waals surface area contributed by atoms with Crippen molar-refractivity contribution in [2.75, 3.05) is 19.8 Å². The molecule has 0 amide bonds. The molecule has 2 bridgehead atoms. The van der Waals surface area contributed by atoms with E-state index in [9.17, 15) is 0 Å². The lowest BCUT2D eigenvalue weighted by Gasteiger charge is -2.43. The molecule has 2 aliphatic heterocycles. The molecule has 1 aliphatic carbocycles. The first kappa shape index (κ1) is 21.6. The van der Waals surface area contributed by atoms with Crippen LogP contribution >= 0.6 is 0 Å². The molecule has 2 heterocycles. The summed E-state index contributed by atoms with van der Waals surface area (Å²) in [5, 5.41) is 11.7. The fourth-order valence-electron chi connectivity index (χ4n) is 5.23. The summed E-state index contributed by atoms with van der Waals surface area (Å²) in [5.41, 5.74) is 0.902. The number of rotatable bonds is 9. The Morgan fingerprint density at radius 1 is 1.11 bits per heavy atom. The molecule has 5 nitrogen and oxygen atoms in total. The van der Waals surface area contributed by atoms with Gasteiger partial charge in [-0.1, -0.05) is 26.7 Å². The maximum atomic E-state index is 8.18. The van der Waals surface area contributed by atoms with Gasteiger partial charge >= 0.3 is 0 Å². The number of hydrogen-bond acceptors (Lipinski definition) is 5. The zero-order chi connectivity index (χ0) is 19.9. The van der Waals surface area contributed by atoms with E-state index < -0.39 is 0 Å². The monoisotopic (exact) mass is 391 g/mol. The van der Waals surface area contributed by atoms with Crippen molar-refractivity contribution < 1.29 is 9.47 Å². The Kier molecular flexibility index (Phi) is 8.22. The third kappa shape index (κ3) is 5.50. The van der Waals surface area contributed by atoms with E-state index in [1.54, 1.807) is 0 Å². The normalized spacial score (nSPS) is 32.2. The number of nitrogens with zero attached hydrogens (tertiary/aromatic N) is 1. The minimum atomic E-state index is 0.320. The van der Waals surface area contributed by atoms with Crippen molar-refractivity contribution in [3.8, 4) is 0 Å². The lowest BCUT2D eigenvalue weighted by Crippen LogP contribution is -2.53. The standard InChI is InChI=1S/C23H41N3O2/c1-4-6-18(5-2)14-28-23(24)17(3)13-25-19-7-9-20(10-8-19)26-21-11-12-22(26)16-27-15-21/h13,18-22,24-25H,4-12,14-16H2,1-3H3/b17-13-,24-23?/t18?,19-,20-,21-,22+. The van der Waals surface area contributed by atoms with E-state index in [2.05, 4.69) is 24.1 Å². The maximum absolute atomic E-state index is 8.18. The fourth-order valence-corrected chi connectivity index (χ4v) is 5.23. The van der Waals surface area contributed by atoms with Gasteiger partial charge in [-0.3, -0.25) is 10.3 Å². The molecule has 0 aromatic heterocycles. The highest BCUT2D eigenvalue weighted by atomic mass is 16.5. The summed E-state index contributed by atoms with van der Waals surface area (Å²) in [7, 11) is 0. The summed E-state index contributed by atoms with van der Waals surface area (Å²) in [6.07, 6.45) is 13.1. The van der Waals surface area contributed by atoms with Gasteiger partial charge in [0.1, 0.15) is 0 Å². The summed E-state index contributed by atoms with van der Waals surface area (Å²) >= 11 is 0. The zero-order valence-corrected chi connectivity index (χ0v) is 18.2. The van der Waals surface area contributed by atoms with E-state index in [0.29, 0.717) is 36.5 Å². The van der Waals surface area contributed by atoms with Gasteiger partial charge in [-0.25, -0.2) is 0 Å². The summed E-state index contributed by atoms with van der Waals surface area (Å²) in [4.78, 5) is 2.80. The highest BCUT2D eigenvalue weighted by molar-refractivity contribution is 5.90. The first-order chi connectivity index (χ1) is 13.6. The molecule has 3 rings (SSSR count). The van der Waals surface area contributed by atoms with Gasteiger partial charge in [-0.15, -0.1) is 0 Å². The van der Waals surface area contributed by atoms with E-state index in [4.69, 9.17) is 14.9 Å². The number of fused-ring (bicyclic) bond motifs is 2. The molecule has 5 heteroatoms. The number of nitrogens with one attached hydrogen (secondary N) is 2. The Labute approximate surface area is 171 Å². The van der Waals surface area contributed by atoms with Crippen molar-refractivity contribution in [1.82, 2.24) is 10.2 Å². The molecule has 0 radical (unpaired) electrons. The van der Waals surface area contributed by atoms with Gasteiger partial charge in [0.05, 0.1) is 19.8 Å². The number of hydrogen-bond donors (Lipinski definition) is 2. The average molecular weight is 392 g/mol. The molecule has 1 unspecified atom stereocenters. The molecule has 2 saturated heterocycles. The second-order valence-electron chi connectivity index (χ2n) is 9.07. The molecule has 0 aromatic carbocycles. The maximum Gasteiger partial charge on any atom is 0.210 e. The van der Waals surface area contributed by atoms with Crippen molar-refractivity contribution in [2.24, 2.45) is 5.92 Å². The van der Waals surface area contributed by atoms with Gasteiger partial charge in [0.2, 0.25) is 5.90 Å². The van der Waals surface area contributed by atoms with Crippen LogP contribution in [0.4, 0.5) is 0 Å². The molecule has 3 fully saturated rings. The zero-order valence-electron chi connectivity index (χ0n) is 18.2. The van der Waals surface area contributed by atoms with Crippen LogP contribution in [0.15, 0.2) is 11.8 Å². The molecule has 3 aliphatic rings. The Balaban J connectivity index is 1.38. The molecule has 3 atom stereocenters. The largest absolute Gasteiger partial charge is 0.478 e. The van der Waals surface area contributed by atoms with E-state index in [1.807, 2.05) is 13.1 Å². The molecule has 1 saturated carbocycles. The van der Waals surface area contributed by atoms with Gasteiger partial charge in [-0.05, 0) is 57.8 Å². The van der Waals surface area contributed by atoms with Gasteiger partial charge in [-0.2, -0.15) is 0 Å². The van der Waals surface area contributed by atoms with Crippen LogP contribution in [0.1, 0.15) is 78.6 Å². The van der Waals surface area contributed by atoms with E-state index in [-0.39, 0.29) is 0 Å². The van der Waals surface area contributed by atoms with Crippen molar-refractivity contribution in [2.45, 2.75) is 103 Å². The lowest BCUT2D eigenvalue weighted by atomic mass is 9.89. The minimum absolute atomic E-state index is 0.320. The van der Waals surface area contributed by atoms with E-state index in [1.165, 1.54) is 51.4 Å². The number of ether oxygens (including phenoxy) is 2. The van der Waals surface area contributed by atoms with Gasteiger partial charge in [0.25, 0.3) is 0 Å². The van der Waals surface area contributed by atoms with Gasteiger partial charge in [0.15, 0.2) is 0 Å². The van der Waals surface area contributed by atoms with Crippen LogP contribution in [0.5, 0.6) is 0 Å². The molecular formula is C23H41N3O2. The molecule has 28 heavy (non-hydrogen) atoms. The molecule has 160 valence electrons. The van der Waals surface area contributed by atoms with Crippen molar-refractivity contribution in [1.29, 1.82) is 5.41 Å². The van der Waals surface area contributed by atoms with Gasteiger partial charge < -0.3 is 14.8 Å². The summed E-state index contributed by atoms with van der Waals surface area (Å²) in [6, 6.07) is 2.62. The fraction of sp³-hybridized carbons (Fsp3) is 0.870. The molecular weight excluding hydrogens is 350 g/mol. The lowest BCUT2D eigenvalue weighted by molar-refractivity contribution is -0.0444. The van der Waals surface area contributed by atoms with Crippen LogP contribution in [0.3, 0.4) is 0 Å². The third-order valence-corrected chi connectivity index (χ3v) is 7.05. The van der Waals surface area contributed by atoms with Crippen LogP contribution in [0.25, 0.3) is 0 Å². The minimum Gasteiger partial charge on any atom is -0.478 e. The average Bonchev–Trinajstić information content (AvgIpc) is 2.97. The second-order valence-corrected chi connectivity index (χ2v) is 9.07. The smallest absolute Gasteiger partial charge is 0.210 e. The Morgan fingerprint density at radius 2 is 1.75 bits per heavy atom. The highest BCUT2D eigenvalue weighted by Crippen LogP contribution is 2.35. The van der Waals surface area contributed by atoms with Crippen LogP contribution in [-0.2, 0) is 9.47 Å². The third-order valence-electron chi connectivity index (χ3n) is 7.05. The second kappa shape index (κ2) is 10.6. The summed E-state index contributed by atoms with van der Waals surface area (Å²) in [5.74, 6) is 0.887. The Bertz CT molecular complexity index is 512. The molecule has 0 aromatic rings. The van der Waals surface area contributed by atoms with E-state index >= 15 is 0 Å². The topological polar surface area (TPSA) is 57.6 Å². The van der Waals surface area contributed by atoms with Crippen LogP contribution < -0.4 is 5.32 Å². The predicted molar refractivity (Wildman–Crippen MR) is 115 cm³/mol. The van der Waals surface area contributed by atoms with Crippen molar-refractivity contribution in [3.05, 3.63) is 11.8 Å². The summed E-state index contributed by atoms with van der Waals surface area (Å²) in [6.45, 7) is 8.94. The van der Waals surface area contributed by atoms with Crippen LogP contribution in [0, 0.1) is 11.3 Å². The van der Waals surface area contributed by atoms with Crippen LogP contribution in [-0.4, -0.2) is 54.8 Å². The van der Waals surface area contributed by atoms with Gasteiger partial charge in [0, 0.05) is 35.9 Å². The first-order valence-corrected chi connectivity index (χ1v) is 11.6. The van der Waals surface area contributed by atoms with E-state index in [0.717, 1.165) is 31.2 Å². The summed E-state index contributed by atoms with van der Waals surface area (Å²) < 4.78 is 11.5. The molecule has 0 spiro atoms. The van der Waals surface area contributed by atoms with Crippen molar-refractivity contribution >= 4 is 5.90 Å². The SMILES string of the molecule is CCCC(CC)COC(=N)/C(C)=C\N[C@H]1CC[C@H](N2[C@@H]3CC[C@H]2COC3)CC1. The highest BCUT2D eigenvalue weighted by Gasteiger charge is 2.41. The van der Waals surface area contributed by atoms with Crippen molar-refractivity contribution in [3.63, 3.8) is 0 Å². The predicted octanol–water partition coefficient (Wildman–Crippen LogP) is 4.47. The van der Waals surface area contributed by atoms with Crippen LogP contribution in [0.2, 0.25) is 0 Å². The number of morpholine rings is 1. The Hall–Kier alpha value is -1.07. The first-order valence-electron chi connectivity index (χ1n) is 11.6. The quantitative estimate of drug-likeness (QED) is 0.450.